The monoisotopic (exact) mass is 521 g/mol. The van der Waals surface area contributed by atoms with Crippen molar-refractivity contribution in [1.82, 2.24) is 9.80 Å². The fraction of sp³-hybridized carbons (Fsp3) is 0.714. The third kappa shape index (κ3) is 5.76. The molecule has 0 radical (unpaired) electrons. The summed E-state index contributed by atoms with van der Waals surface area (Å²) in [5.74, 6) is -0.900. The van der Waals surface area contributed by atoms with Crippen LogP contribution in [0.1, 0.15) is 74.8 Å². The molecule has 1 aromatic rings. The van der Waals surface area contributed by atoms with Crippen molar-refractivity contribution < 1.29 is 27.9 Å². The number of anilines is 1. The van der Waals surface area contributed by atoms with E-state index in [4.69, 9.17) is 0 Å². The molecule has 0 spiro atoms. The van der Waals surface area contributed by atoms with Crippen LogP contribution < -0.4 is 4.90 Å². The number of hydrogen-bond donors (Lipinski definition) is 1. The van der Waals surface area contributed by atoms with Gasteiger partial charge in [0, 0.05) is 44.5 Å². The predicted octanol–water partition coefficient (Wildman–Crippen LogP) is 4.98. The Kier molecular flexibility index (Phi) is 7.70. The van der Waals surface area contributed by atoms with E-state index in [1.807, 2.05) is 9.80 Å². The first-order chi connectivity index (χ1) is 17.7. The Hall–Kier alpha value is -2.29. The number of carbonyl (C=O) groups excluding carboxylic acids is 1. The van der Waals surface area contributed by atoms with Crippen LogP contribution in [0.2, 0.25) is 0 Å². The van der Waals surface area contributed by atoms with Crippen molar-refractivity contribution in [3.63, 3.8) is 0 Å². The van der Waals surface area contributed by atoms with Crippen molar-refractivity contribution >= 4 is 17.6 Å². The summed E-state index contributed by atoms with van der Waals surface area (Å²) in [6.45, 7) is 3.99. The van der Waals surface area contributed by atoms with Crippen molar-refractivity contribution in [2.45, 2.75) is 75.9 Å². The van der Waals surface area contributed by atoms with Crippen molar-refractivity contribution in [3.05, 3.63) is 29.3 Å². The van der Waals surface area contributed by atoms with E-state index in [0.717, 1.165) is 44.0 Å². The third-order valence-corrected chi connectivity index (χ3v) is 9.20. The Morgan fingerprint density at radius 3 is 2.11 bits per heavy atom. The lowest BCUT2D eigenvalue weighted by Crippen LogP contribution is -2.43. The van der Waals surface area contributed by atoms with E-state index in [0.29, 0.717) is 50.7 Å². The van der Waals surface area contributed by atoms with E-state index in [2.05, 4.69) is 4.90 Å². The lowest BCUT2D eigenvalue weighted by atomic mass is 9.86. The molecular weight excluding hydrogens is 483 g/mol. The maximum Gasteiger partial charge on any atom is 0.416 e. The quantitative estimate of drug-likeness (QED) is 0.593. The van der Waals surface area contributed by atoms with Gasteiger partial charge in [-0.15, -0.1) is 0 Å². The Morgan fingerprint density at radius 1 is 0.838 bits per heavy atom. The Labute approximate surface area is 216 Å². The summed E-state index contributed by atoms with van der Waals surface area (Å²) >= 11 is 0. The summed E-state index contributed by atoms with van der Waals surface area (Å²) in [4.78, 5) is 31.0. The third-order valence-electron chi connectivity index (χ3n) is 9.20. The van der Waals surface area contributed by atoms with Crippen LogP contribution in [0.25, 0.3) is 0 Å². The van der Waals surface area contributed by atoms with Gasteiger partial charge in [-0.25, -0.2) is 0 Å². The lowest BCUT2D eigenvalue weighted by molar-refractivity contribution is -0.142. The standard InChI is InChI=1S/C28H38F3N3O3/c29-28(30,31)22-5-6-24(25(17-22)32-12-9-20(10-13-32)27(36)37)19-7-14-33(15-8-19)26(35)21-11-16-34(18-21)23-3-1-2-4-23/h5-6,17,19-21,23H,1-4,7-16,18H2,(H,36,37). The number of piperidine rings is 2. The zero-order valence-corrected chi connectivity index (χ0v) is 21.4. The zero-order valence-electron chi connectivity index (χ0n) is 21.4. The number of halogens is 3. The molecule has 3 aliphatic heterocycles. The minimum absolute atomic E-state index is 0.0642. The van der Waals surface area contributed by atoms with Gasteiger partial charge in [-0.05, 0) is 75.1 Å². The smallest absolute Gasteiger partial charge is 0.416 e. The molecular formula is C28H38F3N3O3. The molecule has 1 atom stereocenters. The molecule has 5 rings (SSSR count). The fourth-order valence-electron chi connectivity index (χ4n) is 6.97. The molecule has 1 amide bonds. The number of hydrogen-bond acceptors (Lipinski definition) is 4. The highest BCUT2D eigenvalue weighted by Gasteiger charge is 2.38. The van der Waals surface area contributed by atoms with Gasteiger partial charge in [0.05, 0.1) is 17.4 Å². The topological polar surface area (TPSA) is 64.1 Å². The number of carboxylic acids is 1. The highest BCUT2D eigenvalue weighted by atomic mass is 19.4. The minimum atomic E-state index is -4.43. The molecule has 1 N–H and O–H groups in total. The number of carbonyl (C=O) groups is 2. The molecule has 6 nitrogen and oxygen atoms in total. The first kappa shape index (κ1) is 26.3. The zero-order chi connectivity index (χ0) is 26.2. The van der Waals surface area contributed by atoms with Crippen molar-refractivity contribution in [2.75, 3.05) is 44.2 Å². The van der Waals surface area contributed by atoms with Gasteiger partial charge >= 0.3 is 12.1 Å². The van der Waals surface area contributed by atoms with E-state index in [1.165, 1.54) is 31.7 Å². The van der Waals surface area contributed by atoms with Crippen LogP contribution in [0.5, 0.6) is 0 Å². The van der Waals surface area contributed by atoms with Crippen LogP contribution in [-0.4, -0.2) is 72.1 Å². The molecule has 3 saturated heterocycles. The summed E-state index contributed by atoms with van der Waals surface area (Å²) in [6.07, 6.45) is 3.87. The highest BCUT2D eigenvalue weighted by molar-refractivity contribution is 5.79. The number of likely N-dealkylation sites (tertiary alicyclic amines) is 2. The van der Waals surface area contributed by atoms with Crippen LogP contribution in [0.15, 0.2) is 18.2 Å². The number of benzene rings is 1. The van der Waals surface area contributed by atoms with Crippen LogP contribution in [0.3, 0.4) is 0 Å². The molecule has 37 heavy (non-hydrogen) atoms. The second kappa shape index (κ2) is 10.8. The number of nitrogens with zero attached hydrogens (tertiary/aromatic N) is 3. The molecule has 204 valence electrons. The van der Waals surface area contributed by atoms with Crippen LogP contribution in [-0.2, 0) is 15.8 Å². The van der Waals surface area contributed by atoms with Gasteiger partial charge in [-0.3, -0.25) is 14.5 Å². The molecule has 4 fully saturated rings. The molecule has 1 aliphatic carbocycles. The van der Waals surface area contributed by atoms with Crippen LogP contribution in [0, 0.1) is 11.8 Å². The number of aliphatic carboxylic acids is 1. The fourth-order valence-corrected chi connectivity index (χ4v) is 6.97. The van der Waals surface area contributed by atoms with Gasteiger partial charge in [0.15, 0.2) is 0 Å². The molecule has 1 unspecified atom stereocenters. The number of rotatable bonds is 5. The van der Waals surface area contributed by atoms with Crippen LogP contribution in [0.4, 0.5) is 18.9 Å². The Balaban J connectivity index is 1.24. The SMILES string of the molecule is O=C(O)C1CCN(c2cc(C(F)(F)F)ccc2C2CCN(C(=O)C3CCN(C4CCCC4)C3)CC2)CC1. The van der Waals surface area contributed by atoms with Gasteiger partial charge in [-0.1, -0.05) is 18.9 Å². The average Bonchev–Trinajstić information content (AvgIpc) is 3.60. The molecule has 1 aromatic carbocycles. The number of amides is 1. The second-order valence-corrected chi connectivity index (χ2v) is 11.4. The van der Waals surface area contributed by atoms with Gasteiger partial charge in [0.25, 0.3) is 0 Å². The Morgan fingerprint density at radius 2 is 1.49 bits per heavy atom. The van der Waals surface area contributed by atoms with Gasteiger partial charge < -0.3 is 14.9 Å². The minimum Gasteiger partial charge on any atom is -0.481 e. The maximum atomic E-state index is 13.5. The number of alkyl halides is 3. The second-order valence-electron chi connectivity index (χ2n) is 11.4. The molecule has 1 saturated carbocycles. The summed E-state index contributed by atoms with van der Waals surface area (Å²) in [5, 5.41) is 9.32. The number of carboxylic acid groups (broad SMARTS) is 1. The van der Waals surface area contributed by atoms with E-state index >= 15 is 0 Å². The summed E-state index contributed by atoms with van der Waals surface area (Å²) < 4.78 is 40.6. The highest BCUT2D eigenvalue weighted by Crippen LogP contribution is 2.41. The molecule has 0 aromatic heterocycles. The maximum absolute atomic E-state index is 13.5. The van der Waals surface area contributed by atoms with Crippen molar-refractivity contribution in [2.24, 2.45) is 11.8 Å². The molecule has 0 bridgehead atoms. The summed E-state index contributed by atoms with van der Waals surface area (Å²) in [6, 6.07) is 4.66. The molecule has 4 aliphatic rings. The average molecular weight is 522 g/mol. The van der Waals surface area contributed by atoms with Gasteiger partial charge in [0.1, 0.15) is 0 Å². The predicted molar refractivity (Wildman–Crippen MR) is 135 cm³/mol. The van der Waals surface area contributed by atoms with E-state index in [9.17, 15) is 27.9 Å². The largest absolute Gasteiger partial charge is 0.481 e. The van der Waals surface area contributed by atoms with E-state index in [1.54, 1.807) is 6.07 Å². The Bertz CT molecular complexity index is 979. The summed E-state index contributed by atoms with van der Waals surface area (Å²) in [7, 11) is 0. The van der Waals surface area contributed by atoms with Gasteiger partial charge in [0.2, 0.25) is 5.91 Å². The van der Waals surface area contributed by atoms with Crippen LogP contribution >= 0.6 is 0 Å². The normalized spacial score (nSPS) is 25.2. The first-order valence-corrected chi connectivity index (χ1v) is 13.9. The molecule has 3 heterocycles. The molecule has 9 heteroatoms. The first-order valence-electron chi connectivity index (χ1n) is 13.9. The van der Waals surface area contributed by atoms with E-state index < -0.39 is 23.6 Å². The lowest BCUT2D eigenvalue weighted by Gasteiger charge is -2.38. The van der Waals surface area contributed by atoms with E-state index in [-0.39, 0.29) is 17.7 Å². The van der Waals surface area contributed by atoms with Gasteiger partial charge in [-0.2, -0.15) is 13.2 Å². The summed E-state index contributed by atoms with van der Waals surface area (Å²) in [5.41, 5.74) is 0.792. The van der Waals surface area contributed by atoms with Crippen molar-refractivity contribution in [1.29, 1.82) is 0 Å². The van der Waals surface area contributed by atoms with Crippen molar-refractivity contribution in [3.8, 4) is 0 Å².